The van der Waals surface area contributed by atoms with Crippen molar-refractivity contribution in [1.29, 1.82) is 0 Å². The van der Waals surface area contributed by atoms with Crippen molar-refractivity contribution in [2.24, 2.45) is 5.41 Å². The third-order valence-corrected chi connectivity index (χ3v) is 3.47. The van der Waals surface area contributed by atoms with Crippen molar-refractivity contribution in [3.8, 4) is 0 Å². The van der Waals surface area contributed by atoms with E-state index in [9.17, 15) is 4.79 Å². The summed E-state index contributed by atoms with van der Waals surface area (Å²) in [6.07, 6.45) is 0.585. The number of anilines is 2. The molecule has 0 fully saturated rings. The Hall–Kier alpha value is -1.75. The number of hydrogen-bond acceptors (Lipinski definition) is 3. The molecule has 0 saturated heterocycles. The van der Waals surface area contributed by atoms with Crippen LogP contribution in [-0.2, 0) is 0 Å². The second-order valence-electron chi connectivity index (χ2n) is 7.39. The summed E-state index contributed by atoms with van der Waals surface area (Å²) >= 11 is 0. The predicted molar refractivity (Wildman–Crippen MR) is 97.3 cm³/mol. The molecule has 0 radical (unpaired) electrons. The number of urea groups is 1. The van der Waals surface area contributed by atoms with E-state index < -0.39 is 0 Å². The molecular formula is C18H31N3O2. The molecule has 0 aliphatic rings. The molecule has 0 aliphatic heterocycles. The van der Waals surface area contributed by atoms with E-state index in [0.29, 0.717) is 19.5 Å². The number of aliphatic hydroxyl groups excluding tert-OH is 1. The molecule has 23 heavy (non-hydrogen) atoms. The Morgan fingerprint density at radius 1 is 1.26 bits per heavy atom. The molecule has 1 rings (SSSR count). The SMILES string of the molecule is Cc1cc(NC(=O)N(CCCO)CC(C)(C)C)ccc1N(C)C. The number of rotatable bonds is 6. The van der Waals surface area contributed by atoms with E-state index in [0.717, 1.165) is 16.9 Å². The number of aryl methyl sites for hydroxylation is 1. The van der Waals surface area contributed by atoms with Crippen molar-refractivity contribution >= 4 is 17.4 Å². The zero-order chi connectivity index (χ0) is 17.6. The van der Waals surface area contributed by atoms with Gasteiger partial charge in [-0.15, -0.1) is 0 Å². The number of amides is 2. The summed E-state index contributed by atoms with van der Waals surface area (Å²) < 4.78 is 0. The van der Waals surface area contributed by atoms with Crippen molar-refractivity contribution in [2.75, 3.05) is 44.0 Å². The van der Waals surface area contributed by atoms with Crippen molar-refractivity contribution < 1.29 is 9.90 Å². The van der Waals surface area contributed by atoms with Crippen LogP contribution in [0.2, 0.25) is 0 Å². The van der Waals surface area contributed by atoms with E-state index in [1.165, 1.54) is 0 Å². The van der Waals surface area contributed by atoms with Gasteiger partial charge in [0, 0.05) is 45.2 Å². The second-order valence-corrected chi connectivity index (χ2v) is 7.39. The molecule has 0 heterocycles. The first-order chi connectivity index (χ1) is 10.6. The number of nitrogens with one attached hydrogen (secondary N) is 1. The molecule has 0 aliphatic carbocycles. The quantitative estimate of drug-likeness (QED) is 0.845. The van der Waals surface area contributed by atoms with Crippen LogP contribution in [-0.4, -0.2) is 49.8 Å². The van der Waals surface area contributed by atoms with Crippen LogP contribution in [0.3, 0.4) is 0 Å². The lowest BCUT2D eigenvalue weighted by Crippen LogP contribution is -2.41. The minimum absolute atomic E-state index is 0.0114. The highest BCUT2D eigenvalue weighted by Gasteiger charge is 2.21. The van der Waals surface area contributed by atoms with Crippen LogP contribution in [0.1, 0.15) is 32.8 Å². The molecular weight excluding hydrogens is 290 g/mol. The maximum Gasteiger partial charge on any atom is 0.321 e. The first-order valence-electron chi connectivity index (χ1n) is 8.09. The van der Waals surface area contributed by atoms with E-state index in [2.05, 4.69) is 26.1 Å². The Morgan fingerprint density at radius 3 is 2.39 bits per heavy atom. The lowest BCUT2D eigenvalue weighted by Gasteiger charge is -2.30. The van der Waals surface area contributed by atoms with Gasteiger partial charge in [0.05, 0.1) is 0 Å². The van der Waals surface area contributed by atoms with Gasteiger partial charge in [-0.05, 0) is 42.5 Å². The van der Waals surface area contributed by atoms with Crippen LogP contribution in [0.25, 0.3) is 0 Å². The maximum atomic E-state index is 12.5. The predicted octanol–water partition coefficient (Wildman–Crippen LogP) is 3.32. The summed E-state index contributed by atoms with van der Waals surface area (Å²) in [5.74, 6) is 0. The molecule has 1 aromatic rings. The summed E-state index contributed by atoms with van der Waals surface area (Å²) in [6, 6.07) is 5.79. The molecule has 2 N–H and O–H groups in total. The molecule has 0 spiro atoms. The molecule has 0 bridgehead atoms. The Bertz CT molecular complexity index is 521. The normalized spacial score (nSPS) is 11.3. The molecule has 0 aromatic heterocycles. The molecule has 2 amide bonds. The van der Waals surface area contributed by atoms with Crippen LogP contribution in [0.15, 0.2) is 18.2 Å². The van der Waals surface area contributed by atoms with E-state index in [4.69, 9.17) is 5.11 Å². The molecule has 0 atom stereocenters. The third-order valence-electron chi connectivity index (χ3n) is 3.47. The van der Waals surface area contributed by atoms with Gasteiger partial charge in [0.2, 0.25) is 0 Å². The van der Waals surface area contributed by atoms with Gasteiger partial charge in [-0.2, -0.15) is 0 Å². The fourth-order valence-electron chi connectivity index (χ4n) is 2.52. The van der Waals surface area contributed by atoms with Crippen LogP contribution >= 0.6 is 0 Å². The van der Waals surface area contributed by atoms with Gasteiger partial charge in [-0.3, -0.25) is 0 Å². The standard InChI is InChI=1S/C18H31N3O2/c1-14-12-15(8-9-16(14)20(5)6)19-17(23)21(10-7-11-22)13-18(2,3)4/h8-9,12,22H,7,10-11,13H2,1-6H3,(H,19,23). The summed E-state index contributed by atoms with van der Waals surface area (Å²) in [5, 5.41) is 12.0. The highest BCUT2D eigenvalue weighted by molar-refractivity contribution is 5.89. The van der Waals surface area contributed by atoms with E-state index in [-0.39, 0.29) is 18.1 Å². The monoisotopic (exact) mass is 321 g/mol. The number of nitrogens with zero attached hydrogens (tertiary/aromatic N) is 2. The van der Waals surface area contributed by atoms with Crippen LogP contribution < -0.4 is 10.2 Å². The van der Waals surface area contributed by atoms with Crippen molar-refractivity contribution in [2.45, 2.75) is 34.1 Å². The molecule has 5 heteroatoms. The van der Waals surface area contributed by atoms with E-state index in [1.54, 1.807) is 4.90 Å². The fourth-order valence-corrected chi connectivity index (χ4v) is 2.52. The van der Waals surface area contributed by atoms with Crippen molar-refractivity contribution in [3.63, 3.8) is 0 Å². The molecule has 1 aromatic carbocycles. The van der Waals surface area contributed by atoms with Gasteiger partial charge >= 0.3 is 6.03 Å². The summed E-state index contributed by atoms with van der Waals surface area (Å²) in [6.45, 7) is 9.61. The summed E-state index contributed by atoms with van der Waals surface area (Å²) in [4.78, 5) is 16.4. The van der Waals surface area contributed by atoms with E-state index >= 15 is 0 Å². The Morgan fingerprint density at radius 2 is 1.91 bits per heavy atom. The molecule has 0 unspecified atom stereocenters. The highest BCUT2D eigenvalue weighted by Crippen LogP contribution is 2.22. The zero-order valence-electron chi connectivity index (χ0n) is 15.3. The van der Waals surface area contributed by atoms with Crippen LogP contribution in [0, 0.1) is 12.3 Å². The zero-order valence-corrected chi connectivity index (χ0v) is 15.3. The highest BCUT2D eigenvalue weighted by atomic mass is 16.3. The Kier molecular flexibility index (Phi) is 6.88. The number of hydrogen-bond donors (Lipinski definition) is 2. The van der Waals surface area contributed by atoms with Crippen LogP contribution in [0.5, 0.6) is 0 Å². The van der Waals surface area contributed by atoms with Gasteiger partial charge in [0.15, 0.2) is 0 Å². The minimum atomic E-state index is -0.120. The summed E-state index contributed by atoms with van der Waals surface area (Å²) in [5.41, 5.74) is 3.05. The van der Waals surface area contributed by atoms with Crippen LogP contribution in [0.4, 0.5) is 16.2 Å². The smallest absolute Gasteiger partial charge is 0.321 e. The average molecular weight is 321 g/mol. The lowest BCUT2D eigenvalue weighted by molar-refractivity contribution is 0.176. The van der Waals surface area contributed by atoms with Gasteiger partial charge in [0.1, 0.15) is 0 Å². The first-order valence-corrected chi connectivity index (χ1v) is 8.09. The second kappa shape index (κ2) is 8.20. The van der Waals surface area contributed by atoms with Crippen molar-refractivity contribution in [3.05, 3.63) is 23.8 Å². The van der Waals surface area contributed by atoms with Gasteiger partial charge in [-0.25, -0.2) is 4.79 Å². The molecule has 0 saturated carbocycles. The number of benzene rings is 1. The largest absolute Gasteiger partial charge is 0.396 e. The van der Waals surface area contributed by atoms with Gasteiger partial charge < -0.3 is 20.2 Å². The number of carbonyl (C=O) groups is 1. The fraction of sp³-hybridized carbons (Fsp3) is 0.611. The number of aliphatic hydroxyl groups is 1. The third kappa shape index (κ3) is 6.48. The van der Waals surface area contributed by atoms with E-state index in [1.807, 2.05) is 44.1 Å². The maximum absolute atomic E-state index is 12.5. The lowest BCUT2D eigenvalue weighted by atomic mass is 9.96. The Balaban J connectivity index is 2.83. The molecule has 5 nitrogen and oxygen atoms in total. The average Bonchev–Trinajstić information content (AvgIpc) is 2.41. The molecule has 130 valence electrons. The van der Waals surface area contributed by atoms with Crippen molar-refractivity contribution in [1.82, 2.24) is 4.90 Å². The number of carbonyl (C=O) groups excluding carboxylic acids is 1. The first kappa shape index (κ1) is 19.3. The minimum Gasteiger partial charge on any atom is -0.396 e. The summed E-state index contributed by atoms with van der Waals surface area (Å²) in [7, 11) is 4.00. The Labute approximate surface area is 140 Å². The topological polar surface area (TPSA) is 55.8 Å². The van der Waals surface area contributed by atoms with Gasteiger partial charge in [0.25, 0.3) is 0 Å². The van der Waals surface area contributed by atoms with Gasteiger partial charge in [-0.1, -0.05) is 20.8 Å².